The fraction of sp³-hybridized carbons (Fsp3) is 1.00. The Morgan fingerprint density at radius 2 is 0.828 bits per heavy atom. The third-order valence-corrected chi connectivity index (χ3v) is 12.9. The predicted octanol–water partition coefficient (Wildman–Crippen LogP) is 10.7. The van der Waals surface area contributed by atoms with Gasteiger partial charge in [0.2, 0.25) is 0 Å². The van der Waals surface area contributed by atoms with Crippen molar-refractivity contribution in [3.8, 4) is 0 Å². The molecule has 0 N–H and O–H groups in total. The van der Waals surface area contributed by atoms with Crippen LogP contribution in [0.15, 0.2) is 0 Å². The summed E-state index contributed by atoms with van der Waals surface area (Å²) in [7, 11) is 0.601. The van der Waals surface area contributed by atoms with Crippen LogP contribution >= 0.6 is 15.8 Å². The molecule has 0 aliphatic carbocycles. The minimum Gasteiger partial charge on any atom is -0.106 e. The molecule has 0 bridgehead atoms. The molecule has 0 rings (SSSR count). The zero-order chi connectivity index (χ0) is 21.6. The van der Waals surface area contributed by atoms with Crippen molar-refractivity contribution in [2.45, 2.75) is 143 Å². The zero-order valence-electron chi connectivity index (χ0n) is 21.3. The summed E-state index contributed by atoms with van der Waals surface area (Å²) < 4.78 is 0. The van der Waals surface area contributed by atoms with Crippen LogP contribution in [-0.2, 0) is 0 Å². The molecule has 0 spiro atoms. The molecular weight excluding hydrogens is 386 g/mol. The lowest BCUT2D eigenvalue weighted by molar-refractivity contribution is 0.621. The molecule has 0 aliphatic rings. The van der Waals surface area contributed by atoms with Gasteiger partial charge >= 0.3 is 0 Å². The minimum atomic E-state index is 0.297. The van der Waals surface area contributed by atoms with E-state index >= 15 is 0 Å². The van der Waals surface area contributed by atoms with Crippen LogP contribution in [0.2, 0.25) is 0 Å². The Balaban J connectivity index is 4.44. The van der Waals surface area contributed by atoms with Crippen molar-refractivity contribution in [3.05, 3.63) is 0 Å². The summed E-state index contributed by atoms with van der Waals surface area (Å²) in [6, 6.07) is 0. The Morgan fingerprint density at radius 1 is 0.448 bits per heavy atom. The Morgan fingerprint density at radius 3 is 1.24 bits per heavy atom. The summed E-state index contributed by atoms with van der Waals surface area (Å²) in [4.78, 5) is 0. The minimum absolute atomic E-state index is 0.297. The van der Waals surface area contributed by atoms with Gasteiger partial charge in [0.15, 0.2) is 0 Å². The maximum Gasteiger partial charge on any atom is -0.0198 e. The highest BCUT2D eigenvalue weighted by atomic mass is 31.1. The van der Waals surface area contributed by atoms with Gasteiger partial charge in [-0.1, -0.05) is 112 Å². The molecular formula is C27H58P2. The van der Waals surface area contributed by atoms with Crippen LogP contribution in [0.5, 0.6) is 0 Å². The van der Waals surface area contributed by atoms with Crippen LogP contribution < -0.4 is 0 Å². The third kappa shape index (κ3) is 19.3. The normalized spacial score (nSPS) is 12.9. The van der Waals surface area contributed by atoms with Gasteiger partial charge in [-0.25, -0.2) is 0 Å². The van der Waals surface area contributed by atoms with E-state index in [1.807, 2.05) is 0 Å². The first kappa shape index (κ1) is 29.9. The summed E-state index contributed by atoms with van der Waals surface area (Å²) in [5, 5.41) is 0. The second kappa shape index (κ2) is 23.5. The maximum atomic E-state index is 2.65. The molecule has 0 saturated heterocycles. The van der Waals surface area contributed by atoms with Gasteiger partial charge in [-0.3, -0.25) is 0 Å². The van der Waals surface area contributed by atoms with E-state index in [4.69, 9.17) is 0 Å². The molecule has 0 fully saturated rings. The quantitative estimate of drug-likeness (QED) is 0.109. The Kier molecular flexibility index (Phi) is 24.2. The lowest BCUT2D eigenvalue weighted by atomic mass is 10.1. The van der Waals surface area contributed by atoms with E-state index in [0.29, 0.717) is 15.8 Å². The van der Waals surface area contributed by atoms with E-state index in [0.717, 1.165) is 5.66 Å². The molecule has 1 unspecified atom stereocenters. The molecule has 0 amide bonds. The van der Waals surface area contributed by atoms with Crippen molar-refractivity contribution >= 4 is 15.8 Å². The standard InChI is InChI=1S/C27H58P2/c1-6-10-14-16-18-20-22-28(23-21-19-17-15-11-7-2)26-27(5)29(24-12-8-3)25-13-9-4/h27H,6-26H2,1-5H3. The van der Waals surface area contributed by atoms with E-state index in [1.165, 1.54) is 103 Å². The van der Waals surface area contributed by atoms with Crippen molar-refractivity contribution in [2.75, 3.05) is 30.8 Å². The monoisotopic (exact) mass is 444 g/mol. The Bertz CT molecular complexity index is 281. The molecule has 0 saturated carbocycles. The number of hydrogen-bond donors (Lipinski definition) is 0. The molecule has 0 nitrogen and oxygen atoms in total. The zero-order valence-corrected chi connectivity index (χ0v) is 23.1. The van der Waals surface area contributed by atoms with Crippen molar-refractivity contribution in [1.29, 1.82) is 0 Å². The highest BCUT2D eigenvalue weighted by Gasteiger charge is 2.20. The molecule has 176 valence electrons. The van der Waals surface area contributed by atoms with Crippen LogP contribution in [-0.4, -0.2) is 36.5 Å². The molecule has 0 aromatic heterocycles. The van der Waals surface area contributed by atoms with Gasteiger partial charge in [0, 0.05) is 0 Å². The van der Waals surface area contributed by atoms with E-state index in [9.17, 15) is 0 Å². The fourth-order valence-electron chi connectivity index (χ4n) is 4.29. The van der Waals surface area contributed by atoms with Crippen LogP contribution in [0.1, 0.15) is 137 Å². The van der Waals surface area contributed by atoms with Crippen LogP contribution in [0.25, 0.3) is 0 Å². The van der Waals surface area contributed by atoms with Crippen LogP contribution in [0.4, 0.5) is 0 Å². The largest absolute Gasteiger partial charge is 0.106 e. The third-order valence-electron chi connectivity index (χ3n) is 6.40. The molecule has 1 atom stereocenters. The van der Waals surface area contributed by atoms with Gasteiger partial charge in [0.1, 0.15) is 0 Å². The Labute approximate surface area is 189 Å². The summed E-state index contributed by atoms with van der Waals surface area (Å²) in [6.45, 7) is 12.1. The average Bonchev–Trinajstić information content (AvgIpc) is 2.72. The van der Waals surface area contributed by atoms with Crippen molar-refractivity contribution < 1.29 is 0 Å². The van der Waals surface area contributed by atoms with Crippen molar-refractivity contribution in [1.82, 2.24) is 0 Å². The van der Waals surface area contributed by atoms with Gasteiger partial charge < -0.3 is 0 Å². The second-order valence-corrected chi connectivity index (χ2v) is 15.0. The van der Waals surface area contributed by atoms with E-state index < -0.39 is 0 Å². The number of hydrogen-bond acceptors (Lipinski definition) is 0. The SMILES string of the molecule is CCCCCCCCP(CCCCCCCC)CC(C)P(CCCC)CCCC. The summed E-state index contributed by atoms with van der Waals surface area (Å²) in [6.07, 6.45) is 31.3. The van der Waals surface area contributed by atoms with E-state index in [1.54, 1.807) is 30.8 Å². The van der Waals surface area contributed by atoms with Crippen molar-refractivity contribution in [2.24, 2.45) is 0 Å². The highest BCUT2D eigenvalue weighted by Crippen LogP contribution is 2.50. The van der Waals surface area contributed by atoms with Gasteiger partial charge in [0.25, 0.3) is 0 Å². The van der Waals surface area contributed by atoms with Gasteiger partial charge in [-0.2, -0.15) is 0 Å². The predicted molar refractivity (Wildman–Crippen MR) is 144 cm³/mol. The van der Waals surface area contributed by atoms with Gasteiger partial charge in [-0.15, -0.1) is 15.8 Å². The van der Waals surface area contributed by atoms with Crippen LogP contribution in [0.3, 0.4) is 0 Å². The highest BCUT2D eigenvalue weighted by molar-refractivity contribution is 7.62. The van der Waals surface area contributed by atoms with Crippen LogP contribution in [0, 0.1) is 0 Å². The molecule has 0 aromatic rings. The lowest BCUT2D eigenvalue weighted by Crippen LogP contribution is -2.12. The van der Waals surface area contributed by atoms with E-state index in [-0.39, 0.29) is 0 Å². The Hall–Kier alpha value is 0.860. The molecule has 0 heterocycles. The fourth-order valence-corrected chi connectivity index (χ4v) is 11.1. The molecule has 0 aromatic carbocycles. The molecule has 2 heteroatoms. The summed E-state index contributed by atoms with van der Waals surface area (Å²) >= 11 is 0. The molecule has 29 heavy (non-hydrogen) atoms. The number of rotatable bonds is 23. The smallest absolute Gasteiger partial charge is 0.0198 e. The van der Waals surface area contributed by atoms with Gasteiger partial charge in [0.05, 0.1) is 0 Å². The van der Waals surface area contributed by atoms with Crippen molar-refractivity contribution in [3.63, 3.8) is 0 Å². The second-order valence-electron chi connectivity index (χ2n) is 9.43. The summed E-state index contributed by atoms with van der Waals surface area (Å²) in [5.41, 5.74) is 1.04. The first-order valence-corrected chi connectivity index (χ1v) is 17.3. The average molecular weight is 445 g/mol. The molecule has 0 aliphatic heterocycles. The topological polar surface area (TPSA) is 0 Å². The lowest BCUT2D eigenvalue weighted by Gasteiger charge is -2.29. The summed E-state index contributed by atoms with van der Waals surface area (Å²) in [5.74, 6) is 0. The van der Waals surface area contributed by atoms with Gasteiger partial charge in [-0.05, 0) is 62.2 Å². The maximum absolute atomic E-state index is 2.65. The molecule has 0 radical (unpaired) electrons. The first-order chi connectivity index (χ1) is 14.2. The first-order valence-electron chi connectivity index (χ1n) is 13.7. The van der Waals surface area contributed by atoms with E-state index in [2.05, 4.69) is 34.6 Å². The number of unbranched alkanes of at least 4 members (excludes halogenated alkanes) is 12.